The lowest BCUT2D eigenvalue weighted by molar-refractivity contribution is -0.140. The number of ether oxygens (including phenoxy) is 1. The first-order valence-corrected chi connectivity index (χ1v) is 5.31. The highest BCUT2D eigenvalue weighted by Gasteiger charge is 2.20. The van der Waals surface area contributed by atoms with Crippen molar-refractivity contribution in [3.8, 4) is 0 Å². The third kappa shape index (κ3) is 4.24. The number of rotatable bonds is 6. The number of benzene rings is 1. The smallest absolute Gasteiger partial charge is 0.328 e. The van der Waals surface area contributed by atoms with E-state index in [4.69, 9.17) is 9.84 Å². The summed E-state index contributed by atoms with van der Waals surface area (Å²) in [6.45, 7) is 2.13. The zero-order valence-corrected chi connectivity index (χ0v) is 9.55. The highest BCUT2D eigenvalue weighted by molar-refractivity contribution is 5.96. The normalized spacial score (nSPS) is 11.8. The molecule has 1 atom stereocenters. The first-order valence-electron chi connectivity index (χ1n) is 5.31. The number of carbonyl (C=O) groups excluding carboxylic acids is 1. The molecule has 92 valence electrons. The van der Waals surface area contributed by atoms with Crippen molar-refractivity contribution in [1.29, 1.82) is 0 Å². The second kappa shape index (κ2) is 6.65. The number of hydrogen-bond acceptors (Lipinski definition) is 3. The molecule has 0 unspecified atom stereocenters. The summed E-state index contributed by atoms with van der Waals surface area (Å²) in [7, 11) is 0. The molecule has 0 saturated heterocycles. The minimum Gasteiger partial charge on any atom is -0.480 e. The minimum atomic E-state index is -1.11. The van der Waals surface area contributed by atoms with Crippen LogP contribution in [0.15, 0.2) is 30.3 Å². The summed E-state index contributed by atoms with van der Waals surface area (Å²) in [5, 5.41) is 11.3. The van der Waals surface area contributed by atoms with Crippen LogP contribution in [0.5, 0.6) is 0 Å². The summed E-state index contributed by atoms with van der Waals surface area (Å²) in [5.41, 5.74) is 0.426. The SMILES string of the molecule is CCOC[C@H](NC(=O)c1ccccc1)C(=O)O. The first-order chi connectivity index (χ1) is 8.15. The van der Waals surface area contributed by atoms with Gasteiger partial charge in [0.25, 0.3) is 5.91 Å². The maximum atomic E-state index is 11.7. The second-order valence-electron chi connectivity index (χ2n) is 3.39. The van der Waals surface area contributed by atoms with Crippen molar-refractivity contribution < 1.29 is 19.4 Å². The summed E-state index contributed by atoms with van der Waals surface area (Å²) in [6.07, 6.45) is 0. The predicted octanol–water partition coefficient (Wildman–Crippen LogP) is 0.906. The number of nitrogens with one attached hydrogen (secondary N) is 1. The number of hydrogen-bond donors (Lipinski definition) is 2. The molecule has 1 rings (SSSR count). The molecular formula is C12H15NO4. The number of carboxylic acid groups (broad SMARTS) is 1. The van der Waals surface area contributed by atoms with Crippen LogP contribution in [0.1, 0.15) is 17.3 Å². The van der Waals surface area contributed by atoms with Gasteiger partial charge in [0, 0.05) is 12.2 Å². The van der Waals surface area contributed by atoms with E-state index in [1.807, 2.05) is 0 Å². The number of carboxylic acids is 1. The summed E-state index contributed by atoms with van der Waals surface area (Å²) in [5.74, 6) is -1.53. The molecule has 0 aliphatic carbocycles. The molecule has 17 heavy (non-hydrogen) atoms. The van der Waals surface area contributed by atoms with E-state index in [2.05, 4.69) is 5.32 Å². The van der Waals surface area contributed by atoms with E-state index < -0.39 is 17.9 Å². The molecule has 0 heterocycles. The zero-order valence-electron chi connectivity index (χ0n) is 9.55. The van der Waals surface area contributed by atoms with E-state index >= 15 is 0 Å². The summed E-state index contributed by atoms with van der Waals surface area (Å²) >= 11 is 0. The molecular weight excluding hydrogens is 222 g/mol. The van der Waals surface area contributed by atoms with Gasteiger partial charge in [0.2, 0.25) is 0 Å². The summed E-state index contributed by atoms with van der Waals surface area (Å²) < 4.78 is 5.00. The zero-order chi connectivity index (χ0) is 12.7. The third-order valence-electron chi connectivity index (χ3n) is 2.13. The number of aliphatic carboxylic acids is 1. The molecule has 1 aromatic rings. The molecule has 1 aromatic carbocycles. The first kappa shape index (κ1) is 13.2. The van der Waals surface area contributed by atoms with Crippen LogP contribution in [-0.4, -0.2) is 36.2 Å². The van der Waals surface area contributed by atoms with Crippen molar-refractivity contribution in [2.24, 2.45) is 0 Å². The Bertz CT molecular complexity index is 377. The monoisotopic (exact) mass is 237 g/mol. The molecule has 0 saturated carbocycles. The van der Waals surface area contributed by atoms with Crippen molar-refractivity contribution in [2.45, 2.75) is 13.0 Å². The van der Waals surface area contributed by atoms with Crippen LogP contribution in [0.3, 0.4) is 0 Å². The fourth-order valence-electron chi connectivity index (χ4n) is 1.24. The average Bonchev–Trinajstić information content (AvgIpc) is 2.35. The van der Waals surface area contributed by atoms with E-state index in [-0.39, 0.29) is 6.61 Å². The molecule has 0 fully saturated rings. The number of carbonyl (C=O) groups is 2. The summed E-state index contributed by atoms with van der Waals surface area (Å²) in [4.78, 5) is 22.6. The molecule has 0 aliphatic rings. The topological polar surface area (TPSA) is 75.6 Å². The van der Waals surface area contributed by atoms with Crippen LogP contribution in [0, 0.1) is 0 Å². The van der Waals surface area contributed by atoms with E-state index in [1.54, 1.807) is 37.3 Å². The van der Waals surface area contributed by atoms with Crippen LogP contribution >= 0.6 is 0 Å². The van der Waals surface area contributed by atoms with Crippen molar-refractivity contribution in [3.63, 3.8) is 0 Å². The number of amides is 1. The van der Waals surface area contributed by atoms with Crippen LogP contribution in [0.2, 0.25) is 0 Å². The Hall–Kier alpha value is -1.88. The Balaban J connectivity index is 2.61. The molecule has 0 aromatic heterocycles. The van der Waals surface area contributed by atoms with Crippen molar-refractivity contribution in [1.82, 2.24) is 5.32 Å². The Morgan fingerprint density at radius 3 is 2.53 bits per heavy atom. The van der Waals surface area contributed by atoms with Crippen LogP contribution in [0.4, 0.5) is 0 Å². The Morgan fingerprint density at radius 1 is 1.35 bits per heavy atom. The van der Waals surface area contributed by atoms with Gasteiger partial charge in [-0.05, 0) is 19.1 Å². The molecule has 2 N–H and O–H groups in total. The maximum Gasteiger partial charge on any atom is 0.328 e. The van der Waals surface area contributed by atoms with E-state index in [9.17, 15) is 9.59 Å². The van der Waals surface area contributed by atoms with Crippen LogP contribution < -0.4 is 5.32 Å². The van der Waals surface area contributed by atoms with Gasteiger partial charge in [-0.3, -0.25) is 4.79 Å². The molecule has 0 aliphatic heterocycles. The largest absolute Gasteiger partial charge is 0.480 e. The molecule has 0 radical (unpaired) electrons. The van der Waals surface area contributed by atoms with Gasteiger partial charge in [0.1, 0.15) is 0 Å². The van der Waals surface area contributed by atoms with Gasteiger partial charge in [-0.15, -0.1) is 0 Å². The van der Waals surface area contributed by atoms with Crippen molar-refractivity contribution >= 4 is 11.9 Å². The molecule has 5 nitrogen and oxygen atoms in total. The fourth-order valence-corrected chi connectivity index (χ4v) is 1.24. The fraction of sp³-hybridized carbons (Fsp3) is 0.333. The molecule has 5 heteroatoms. The van der Waals surface area contributed by atoms with Gasteiger partial charge in [0.05, 0.1) is 6.61 Å². The Morgan fingerprint density at radius 2 is 2.00 bits per heavy atom. The van der Waals surface area contributed by atoms with Gasteiger partial charge >= 0.3 is 5.97 Å². The molecule has 0 bridgehead atoms. The Kier molecular flexibility index (Phi) is 5.16. The molecule has 0 spiro atoms. The Labute approximate surface area is 99.4 Å². The highest BCUT2D eigenvalue weighted by Crippen LogP contribution is 1.99. The molecule has 1 amide bonds. The van der Waals surface area contributed by atoms with Gasteiger partial charge < -0.3 is 15.2 Å². The quantitative estimate of drug-likeness (QED) is 0.771. The van der Waals surface area contributed by atoms with E-state index in [0.717, 1.165) is 0 Å². The standard InChI is InChI=1S/C12H15NO4/c1-2-17-8-10(12(15)16)13-11(14)9-6-4-3-5-7-9/h3-7,10H,2,8H2,1H3,(H,13,14)(H,15,16)/t10-/m0/s1. The van der Waals surface area contributed by atoms with Gasteiger partial charge in [0.15, 0.2) is 6.04 Å². The lowest BCUT2D eigenvalue weighted by Gasteiger charge is -2.14. The van der Waals surface area contributed by atoms with Gasteiger partial charge in [-0.2, -0.15) is 0 Å². The predicted molar refractivity (Wildman–Crippen MR) is 61.8 cm³/mol. The average molecular weight is 237 g/mol. The van der Waals surface area contributed by atoms with Gasteiger partial charge in [-0.1, -0.05) is 18.2 Å². The van der Waals surface area contributed by atoms with Crippen molar-refractivity contribution in [2.75, 3.05) is 13.2 Å². The highest BCUT2D eigenvalue weighted by atomic mass is 16.5. The van der Waals surface area contributed by atoms with Gasteiger partial charge in [-0.25, -0.2) is 4.79 Å². The third-order valence-corrected chi connectivity index (χ3v) is 2.13. The van der Waals surface area contributed by atoms with Crippen LogP contribution in [0.25, 0.3) is 0 Å². The lowest BCUT2D eigenvalue weighted by atomic mass is 10.2. The van der Waals surface area contributed by atoms with Crippen LogP contribution in [-0.2, 0) is 9.53 Å². The minimum absolute atomic E-state index is 0.0373. The van der Waals surface area contributed by atoms with E-state index in [0.29, 0.717) is 12.2 Å². The second-order valence-corrected chi connectivity index (χ2v) is 3.39. The van der Waals surface area contributed by atoms with E-state index in [1.165, 1.54) is 0 Å². The maximum absolute atomic E-state index is 11.7. The summed E-state index contributed by atoms with van der Waals surface area (Å²) in [6, 6.07) is 7.43. The van der Waals surface area contributed by atoms with Crippen molar-refractivity contribution in [3.05, 3.63) is 35.9 Å². The lowest BCUT2D eigenvalue weighted by Crippen LogP contribution is -2.44.